The lowest BCUT2D eigenvalue weighted by atomic mass is 10.2. The van der Waals surface area contributed by atoms with E-state index in [-0.39, 0.29) is 16.3 Å². The number of ether oxygens (including phenoxy) is 3. The maximum absolute atomic E-state index is 13.3. The summed E-state index contributed by atoms with van der Waals surface area (Å²) in [6, 6.07) is 12.2. The maximum atomic E-state index is 13.3. The fourth-order valence-electron chi connectivity index (χ4n) is 3.54. The molecular weight excluding hydrogens is 460 g/mol. The number of carbonyl (C=O) groups is 1. The summed E-state index contributed by atoms with van der Waals surface area (Å²) in [6.07, 6.45) is 0. The smallest absolute Gasteiger partial charge is 0.270 e. The van der Waals surface area contributed by atoms with E-state index in [1.807, 2.05) is 0 Å². The van der Waals surface area contributed by atoms with Gasteiger partial charge in [-0.3, -0.25) is 9.59 Å². The Balaban J connectivity index is 1.97. The van der Waals surface area contributed by atoms with Crippen molar-refractivity contribution in [3.05, 3.63) is 70.1 Å². The van der Waals surface area contributed by atoms with Gasteiger partial charge in [0.2, 0.25) is 15.7 Å². The zero-order chi connectivity index (χ0) is 25.0. The van der Waals surface area contributed by atoms with Crippen LogP contribution in [0.4, 0.5) is 5.69 Å². The number of methoxy groups -OCH3 is 3. The summed E-state index contributed by atoms with van der Waals surface area (Å²) in [5.41, 5.74) is 0.363. The summed E-state index contributed by atoms with van der Waals surface area (Å²) in [5, 5.41) is 2.69. The number of carbonyl (C=O) groups excluding carboxylic acids is 1. The topological polar surface area (TPSA) is 113 Å². The van der Waals surface area contributed by atoms with Crippen LogP contribution in [0.1, 0.15) is 11.3 Å². The first-order chi connectivity index (χ1) is 16.1. The molecule has 10 heteroatoms. The van der Waals surface area contributed by atoms with E-state index in [4.69, 9.17) is 14.2 Å². The largest absolute Gasteiger partial charge is 0.497 e. The lowest BCUT2D eigenvalue weighted by Crippen LogP contribution is -2.33. The molecule has 3 aromatic rings. The third-order valence-corrected chi connectivity index (χ3v) is 7.20. The van der Waals surface area contributed by atoms with E-state index in [0.717, 1.165) is 4.57 Å². The van der Waals surface area contributed by atoms with E-state index >= 15 is 0 Å². The van der Waals surface area contributed by atoms with Crippen LogP contribution in [0.5, 0.6) is 17.2 Å². The van der Waals surface area contributed by atoms with Crippen LogP contribution in [0.15, 0.2) is 63.1 Å². The zero-order valence-corrected chi connectivity index (χ0v) is 20.4. The molecule has 9 nitrogen and oxygen atoms in total. The number of hydrogen-bond donors (Lipinski definition) is 1. The summed E-state index contributed by atoms with van der Waals surface area (Å²) in [7, 11) is 0.304. The van der Waals surface area contributed by atoms with Crippen LogP contribution in [0.3, 0.4) is 0 Å². The number of hydrogen-bond acceptors (Lipinski definition) is 7. The summed E-state index contributed by atoms with van der Waals surface area (Å²) in [6.45, 7) is 2.81. The number of aryl methyl sites for hydroxylation is 2. The van der Waals surface area contributed by atoms with Crippen molar-refractivity contribution < 1.29 is 27.4 Å². The lowest BCUT2D eigenvalue weighted by molar-refractivity contribution is -0.116. The molecule has 0 atom stereocenters. The van der Waals surface area contributed by atoms with Crippen molar-refractivity contribution in [1.82, 2.24) is 4.57 Å². The van der Waals surface area contributed by atoms with E-state index in [1.54, 1.807) is 38.1 Å². The predicted octanol–water partition coefficient (Wildman–Crippen LogP) is 2.96. The summed E-state index contributed by atoms with van der Waals surface area (Å²) >= 11 is 0. The molecule has 0 fully saturated rings. The van der Waals surface area contributed by atoms with Crippen molar-refractivity contribution in [2.75, 3.05) is 26.6 Å². The maximum Gasteiger partial charge on any atom is 0.270 e. The summed E-state index contributed by atoms with van der Waals surface area (Å²) < 4.78 is 43.2. The molecule has 180 valence electrons. The van der Waals surface area contributed by atoms with Gasteiger partial charge in [-0.25, -0.2) is 8.42 Å². The minimum absolute atomic E-state index is 0.0451. The van der Waals surface area contributed by atoms with Crippen molar-refractivity contribution in [3.8, 4) is 17.2 Å². The molecule has 0 aliphatic heterocycles. The first-order valence-electron chi connectivity index (χ1n) is 10.2. The Kier molecular flexibility index (Phi) is 7.31. The van der Waals surface area contributed by atoms with Crippen molar-refractivity contribution in [1.29, 1.82) is 0 Å². The molecule has 0 bridgehead atoms. The number of nitrogens with zero attached hydrogens (tertiary/aromatic N) is 1. The quantitative estimate of drug-likeness (QED) is 0.521. The molecule has 0 spiro atoms. The van der Waals surface area contributed by atoms with Gasteiger partial charge in [-0.15, -0.1) is 0 Å². The second-order valence-corrected chi connectivity index (χ2v) is 9.37. The first-order valence-corrected chi connectivity index (χ1v) is 11.7. The Morgan fingerprint density at radius 1 is 0.912 bits per heavy atom. The highest BCUT2D eigenvalue weighted by atomic mass is 32.2. The SMILES string of the molecule is COc1ccc(S(=O)(=O)c2c(C)cc(C)n(CC(=O)Nc3ccc(OC)cc3OC)c2=O)cc1. The number of anilines is 1. The van der Waals surface area contributed by atoms with Gasteiger partial charge in [-0.1, -0.05) is 0 Å². The summed E-state index contributed by atoms with van der Waals surface area (Å²) in [5.74, 6) is 0.894. The number of amides is 1. The molecular formula is C24H26N2O7S. The Bertz CT molecular complexity index is 1380. The van der Waals surface area contributed by atoms with E-state index in [9.17, 15) is 18.0 Å². The van der Waals surface area contributed by atoms with Crippen molar-refractivity contribution in [2.24, 2.45) is 0 Å². The standard InChI is InChI=1S/C24H26N2O7S/c1-15-12-16(2)26(14-22(27)25-20-11-8-18(32-4)13-21(20)33-5)24(28)23(15)34(29,30)19-9-6-17(31-3)7-10-19/h6-13H,14H2,1-5H3,(H,25,27). The molecule has 0 aliphatic rings. The average molecular weight is 487 g/mol. The fraction of sp³-hybridized carbons (Fsp3) is 0.250. The van der Waals surface area contributed by atoms with Gasteiger partial charge in [-0.05, 0) is 61.9 Å². The molecule has 0 saturated carbocycles. The Morgan fingerprint density at radius 2 is 1.53 bits per heavy atom. The normalized spacial score (nSPS) is 11.1. The molecule has 1 aromatic heterocycles. The second kappa shape index (κ2) is 10.0. The van der Waals surface area contributed by atoms with Crippen molar-refractivity contribution >= 4 is 21.4 Å². The van der Waals surface area contributed by atoms with Crippen LogP contribution in [0.25, 0.3) is 0 Å². The third-order valence-electron chi connectivity index (χ3n) is 5.27. The third kappa shape index (κ3) is 4.91. The van der Waals surface area contributed by atoms with Crippen LogP contribution >= 0.6 is 0 Å². The van der Waals surface area contributed by atoms with Gasteiger partial charge in [0.15, 0.2) is 0 Å². The lowest BCUT2D eigenvalue weighted by Gasteiger charge is -2.16. The van der Waals surface area contributed by atoms with Gasteiger partial charge < -0.3 is 24.1 Å². The zero-order valence-electron chi connectivity index (χ0n) is 19.5. The number of rotatable bonds is 8. The highest BCUT2D eigenvalue weighted by Crippen LogP contribution is 2.29. The van der Waals surface area contributed by atoms with E-state index < -0.39 is 21.3 Å². The van der Waals surface area contributed by atoms with Gasteiger partial charge >= 0.3 is 0 Å². The Labute approximate surface area is 197 Å². The Hall–Kier alpha value is -3.79. The number of pyridine rings is 1. The van der Waals surface area contributed by atoms with Gasteiger partial charge in [0.05, 0.1) is 31.9 Å². The van der Waals surface area contributed by atoms with Crippen LogP contribution in [-0.4, -0.2) is 40.2 Å². The molecule has 1 N–H and O–H groups in total. The van der Waals surface area contributed by atoms with E-state index in [2.05, 4.69) is 5.32 Å². The van der Waals surface area contributed by atoms with Gasteiger partial charge in [-0.2, -0.15) is 0 Å². The first kappa shape index (κ1) is 24.8. The molecule has 1 heterocycles. The number of aromatic nitrogens is 1. The molecule has 0 unspecified atom stereocenters. The monoisotopic (exact) mass is 486 g/mol. The fourth-order valence-corrected chi connectivity index (χ4v) is 5.09. The van der Waals surface area contributed by atoms with E-state index in [0.29, 0.717) is 34.2 Å². The molecule has 34 heavy (non-hydrogen) atoms. The average Bonchev–Trinajstić information content (AvgIpc) is 2.81. The van der Waals surface area contributed by atoms with Crippen LogP contribution < -0.4 is 25.1 Å². The minimum Gasteiger partial charge on any atom is -0.497 e. The molecule has 0 saturated heterocycles. The van der Waals surface area contributed by atoms with Crippen molar-refractivity contribution in [3.63, 3.8) is 0 Å². The number of sulfone groups is 1. The van der Waals surface area contributed by atoms with E-state index in [1.165, 1.54) is 45.6 Å². The molecule has 1 amide bonds. The van der Waals surface area contributed by atoms with Crippen molar-refractivity contribution in [2.45, 2.75) is 30.2 Å². The molecule has 3 rings (SSSR count). The molecule has 2 aromatic carbocycles. The van der Waals surface area contributed by atoms with Gasteiger partial charge in [0.1, 0.15) is 28.7 Å². The van der Waals surface area contributed by atoms with Gasteiger partial charge in [0.25, 0.3) is 5.56 Å². The van der Waals surface area contributed by atoms with Crippen LogP contribution in [0, 0.1) is 13.8 Å². The van der Waals surface area contributed by atoms with Crippen LogP contribution in [-0.2, 0) is 21.2 Å². The van der Waals surface area contributed by atoms with Gasteiger partial charge in [0, 0.05) is 11.8 Å². The Morgan fingerprint density at radius 3 is 2.12 bits per heavy atom. The highest BCUT2D eigenvalue weighted by Gasteiger charge is 2.26. The minimum atomic E-state index is -4.13. The second-order valence-electron chi connectivity index (χ2n) is 7.48. The highest BCUT2D eigenvalue weighted by molar-refractivity contribution is 7.91. The predicted molar refractivity (Wildman–Crippen MR) is 127 cm³/mol. The number of nitrogens with one attached hydrogen (secondary N) is 1. The number of benzene rings is 2. The molecule has 0 radical (unpaired) electrons. The van der Waals surface area contributed by atoms with Crippen LogP contribution in [0.2, 0.25) is 0 Å². The summed E-state index contributed by atoms with van der Waals surface area (Å²) in [4.78, 5) is 25.6. The molecule has 0 aliphatic carbocycles.